The molecule has 56 valence electrons. The molecule has 0 saturated carbocycles. The van der Waals surface area contributed by atoms with Crippen molar-refractivity contribution in [3.8, 4) is 11.5 Å². The van der Waals surface area contributed by atoms with Gasteiger partial charge < -0.3 is 0 Å². The van der Waals surface area contributed by atoms with E-state index in [1.807, 2.05) is 0 Å². The first-order valence-electron chi connectivity index (χ1n) is 3.09. The third kappa shape index (κ3) is 3.99. The summed E-state index contributed by atoms with van der Waals surface area (Å²) in [4.78, 5) is 2.12. The van der Waals surface area contributed by atoms with E-state index in [1.165, 1.54) is 0 Å². The molecule has 2 radical (unpaired) electrons. The third-order valence-electron chi connectivity index (χ3n) is 1.01. The van der Waals surface area contributed by atoms with E-state index in [0.717, 1.165) is 9.52 Å². The molecule has 0 heterocycles. The van der Waals surface area contributed by atoms with Crippen LogP contribution in [0, 0.1) is 11.5 Å². The van der Waals surface area contributed by atoms with Gasteiger partial charge in [0.2, 0.25) is 0 Å². The van der Waals surface area contributed by atoms with E-state index in [9.17, 15) is 0 Å². The van der Waals surface area contributed by atoms with Crippen LogP contribution in [0.25, 0.3) is 0 Å². The lowest BCUT2D eigenvalue weighted by molar-refractivity contribution is 0.436. The van der Waals surface area contributed by atoms with Gasteiger partial charge in [0, 0.05) is 0 Å². The van der Waals surface area contributed by atoms with Crippen molar-refractivity contribution < 1.29 is 0 Å². The molecule has 0 saturated heterocycles. The average Bonchev–Trinajstić information content (AvgIpc) is 1.89. The Hall–Kier alpha value is 0.0869. The Morgan fingerprint density at radius 1 is 1.50 bits per heavy atom. The number of nitrogens with zero attached hydrogens (tertiary/aromatic N) is 1. The molecule has 0 fully saturated rings. The molecule has 0 aromatic carbocycles. The predicted molar refractivity (Wildman–Crippen MR) is 50.4 cm³/mol. The molecule has 0 aliphatic rings. The van der Waals surface area contributed by atoms with Crippen LogP contribution in [0.3, 0.4) is 0 Å². The van der Waals surface area contributed by atoms with Gasteiger partial charge in [0.05, 0.1) is 0 Å². The van der Waals surface area contributed by atoms with Crippen LogP contribution in [0.5, 0.6) is 0 Å². The number of thioether (sulfide) groups is 1. The highest BCUT2D eigenvalue weighted by Crippen LogP contribution is 2.06. The summed E-state index contributed by atoms with van der Waals surface area (Å²) in [5.74, 6) is 3.17. The van der Waals surface area contributed by atoms with Crippen LogP contribution in [0.15, 0.2) is 0 Å². The zero-order valence-corrected chi connectivity index (χ0v) is 8.75. The zero-order valence-electron chi connectivity index (χ0n) is 6.93. The maximum Gasteiger partial charge on any atom is 0.144 e. The summed E-state index contributed by atoms with van der Waals surface area (Å²) in [5.41, 5.74) is 3.10. The maximum absolute atomic E-state index is 3.17. The number of hydrogen-bond donors (Lipinski definition) is 0. The monoisotopic (exact) mass is 171 g/mol. The van der Waals surface area contributed by atoms with E-state index >= 15 is 0 Å². The Kier molecular flexibility index (Phi) is 5.89. The van der Waals surface area contributed by atoms with Crippen LogP contribution in [0.2, 0.25) is 6.55 Å². The van der Waals surface area contributed by atoms with Gasteiger partial charge >= 0.3 is 0 Å². The van der Waals surface area contributed by atoms with Crippen LogP contribution in [-0.2, 0) is 0 Å². The van der Waals surface area contributed by atoms with Crippen molar-refractivity contribution in [3.05, 3.63) is 0 Å². The highest BCUT2D eigenvalue weighted by molar-refractivity contribution is 7.99. The lowest BCUT2D eigenvalue weighted by atomic mass is 10.6. The molecule has 0 aliphatic heterocycles. The molecule has 3 heteroatoms. The van der Waals surface area contributed by atoms with Crippen LogP contribution in [0.1, 0.15) is 0 Å². The van der Waals surface area contributed by atoms with Crippen LogP contribution >= 0.6 is 11.8 Å². The molecule has 10 heavy (non-hydrogen) atoms. The Morgan fingerprint density at radius 2 is 2.10 bits per heavy atom. The van der Waals surface area contributed by atoms with E-state index in [2.05, 4.69) is 43.3 Å². The molecule has 0 bridgehead atoms. The second-order valence-electron chi connectivity index (χ2n) is 2.07. The van der Waals surface area contributed by atoms with Gasteiger partial charge in [-0.05, 0) is 20.4 Å². The summed E-state index contributed by atoms with van der Waals surface area (Å²) in [6.45, 7) is 2.10. The Morgan fingerprint density at radius 3 is 2.40 bits per heavy atom. The normalized spacial score (nSPS) is 12.5. The van der Waals surface area contributed by atoms with Crippen molar-refractivity contribution >= 4 is 21.3 Å². The van der Waals surface area contributed by atoms with Crippen LogP contribution in [0.4, 0.5) is 0 Å². The van der Waals surface area contributed by atoms with Crippen LogP contribution in [-0.4, -0.2) is 40.1 Å². The van der Waals surface area contributed by atoms with Gasteiger partial charge in [-0.3, -0.25) is 4.90 Å². The molecule has 0 spiro atoms. The molecule has 1 atom stereocenters. The molecule has 0 rings (SSSR count). The second kappa shape index (κ2) is 5.84. The first-order chi connectivity index (χ1) is 4.72. The van der Waals surface area contributed by atoms with Crippen molar-refractivity contribution in [2.24, 2.45) is 0 Å². The quantitative estimate of drug-likeness (QED) is 0.346. The molecule has 0 aromatic rings. The average molecular weight is 171 g/mol. The summed E-state index contributed by atoms with van der Waals surface area (Å²) in [6, 6.07) is 0. The van der Waals surface area contributed by atoms with Crippen molar-refractivity contribution in [1.82, 2.24) is 4.90 Å². The standard InChI is InChI=1S/C7H13NSSi/c1-8(2)7(9-3)5-6-10-4/h7H,1-4H3. The smallest absolute Gasteiger partial charge is 0.144 e. The van der Waals surface area contributed by atoms with Gasteiger partial charge in [0.25, 0.3) is 0 Å². The Balaban J connectivity index is 3.82. The number of rotatable bonds is 2. The van der Waals surface area contributed by atoms with Crippen LogP contribution < -0.4 is 0 Å². The van der Waals surface area contributed by atoms with Crippen molar-refractivity contribution in [1.29, 1.82) is 0 Å². The van der Waals surface area contributed by atoms with Crippen molar-refractivity contribution in [3.63, 3.8) is 0 Å². The molecule has 0 amide bonds. The highest BCUT2D eigenvalue weighted by atomic mass is 32.2. The number of hydrogen-bond acceptors (Lipinski definition) is 2. The zero-order chi connectivity index (χ0) is 7.98. The Labute approximate surface area is 70.4 Å². The van der Waals surface area contributed by atoms with E-state index in [4.69, 9.17) is 0 Å². The van der Waals surface area contributed by atoms with E-state index in [1.54, 1.807) is 11.8 Å². The van der Waals surface area contributed by atoms with Gasteiger partial charge in [0.15, 0.2) is 0 Å². The Bertz CT molecular complexity index is 136. The summed E-state index contributed by atoms with van der Waals surface area (Å²) >= 11 is 1.77. The highest BCUT2D eigenvalue weighted by Gasteiger charge is 2.02. The molecule has 0 aliphatic carbocycles. The summed E-state index contributed by atoms with van der Waals surface area (Å²) < 4.78 is 0. The minimum absolute atomic E-state index is 0.368. The molecular weight excluding hydrogens is 158 g/mol. The first kappa shape index (κ1) is 10.1. The third-order valence-corrected chi connectivity index (χ3v) is 2.39. The lowest BCUT2D eigenvalue weighted by Crippen LogP contribution is -2.22. The molecular formula is C7H13NSSi. The topological polar surface area (TPSA) is 3.24 Å². The van der Waals surface area contributed by atoms with E-state index in [0.29, 0.717) is 5.37 Å². The van der Waals surface area contributed by atoms with Gasteiger partial charge in [-0.2, -0.15) is 0 Å². The largest absolute Gasteiger partial charge is 0.288 e. The lowest BCUT2D eigenvalue weighted by Gasteiger charge is -2.15. The van der Waals surface area contributed by atoms with E-state index in [-0.39, 0.29) is 0 Å². The maximum atomic E-state index is 3.17. The molecule has 1 nitrogen and oxygen atoms in total. The fraction of sp³-hybridized carbons (Fsp3) is 0.714. The fourth-order valence-corrected chi connectivity index (χ4v) is 1.52. The fourth-order valence-electron chi connectivity index (χ4n) is 0.533. The van der Waals surface area contributed by atoms with Gasteiger partial charge in [-0.25, -0.2) is 0 Å². The SMILES string of the molecule is C[Si]C#CC(SC)N(C)C. The molecule has 0 aromatic heterocycles. The first-order valence-corrected chi connectivity index (χ1v) is 5.87. The van der Waals surface area contributed by atoms with Gasteiger partial charge in [0.1, 0.15) is 14.9 Å². The second-order valence-corrected chi connectivity index (χ2v) is 3.74. The molecule has 1 unspecified atom stereocenters. The minimum Gasteiger partial charge on any atom is -0.288 e. The van der Waals surface area contributed by atoms with Gasteiger partial charge in [-0.1, -0.05) is 12.5 Å². The van der Waals surface area contributed by atoms with Crippen molar-refractivity contribution in [2.75, 3.05) is 20.4 Å². The predicted octanol–water partition coefficient (Wildman–Crippen LogP) is 0.950. The molecule has 0 N–H and O–H groups in total. The summed E-state index contributed by atoms with van der Waals surface area (Å²) in [5, 5.41) is 0.368. The minimum atomic E-state index is 0.368. The summed E-state index contributed by atoms with van der Waals surface area (Å²) in [6.07, 6.45) is 2.08. The van der Waals surface area contributed by atoms with E-state index < -0.39 is 0 Å². The summed E-state index contributed by atoms with van der Waals surface area (Å²) in [7, 11) is 4.85. The van der Waals surface area contributed by atoms with Crippen molar-refractivity contribution in [2.45, 2.75) is 11.9 Å². The van der Waals surface area contributed by atoms with Gasteiger partial charge in [-0.15, -0.1) is 17.3 Å².